The van der Waals surface area contributed by atoms with Crippen LogP contribution in [0.1, 0.15) is 42.3 Å². The highest BCUT2D eigenvalue weighted by molar-refractivity contribution is 7.80. The van der Waals surface area contributed by atoms with Crippen LogP contribution in [0.2, 0.25) is 0 Å². The normalized spacial score (nSPS) is 22.1. The average molecular weight is 312 g/mol. The third kappa shape index (κ3) is 3.93. The van der Waals surface area contributed by atoms with Crippen molar-refractivity contribution in [2.75, 3.05) is 12.4 Å². The Bertz CT molecular complexity index is 487. The molecule has 2 rings (SSSR count). The molecule has 1 aliphatic rings. The molecule has 1 aromatic heterocycles. The van der Waals surface area contributed by atoms with E-state index in [4.69, 9.17) is 12.2 Å². The van der Waals surface area contributed by atoms with Gasteiger partial charge in [0.05, 0.1) is 12.1 Å². The maximum absolute atomic E-state index is 11.4. The number of thiophene rings is 1. The van der Waals surface area contributed by atoms with E-state index >= 15 is 0 Å². The van der Waals surface area contributed by atoms with E-state index in [-0.39, 0.29) is 5.97 Å². The summed E-state index contributed by atoms with van der Waals surface area (Å²) >= 11 is 6.68. The Morgan fingerprint density at radius 2 is 2.15 bits per heavy atom. The fourth-order valence-corrected chi connectivity index (χ4v) is 3.62. The summed E-state index contributed by atoms with van der Waals surface area (Å²) in [6.07, 6.45) is 5.00. The van der Waals surface area contributed by atoms with Crippen LogP contribution >= 0.6 is 23.6 Å². The van der Waals surface area contributed by atoms with Crippen molar-refractivity contribution >= 4 is 39.6 Å². The molecule has 1 aliphatic carbocycles. The van der Waals surface area contributed by atoms with Gasteiger partial charge in [0.1, 0.15) is 4.88 Å². The zero-order valence-electron chi connectivity index (χ0n) is 11.8. The quantitative estimate of drug-likeness (QED) is 0.662. The van der Waals surface area contributed by atoms with Gasteiger partial charge >= 0.3 is 5.97 Å². The number of hydrogen-bond donors (Lipinski definition) is 2. The number of esters is 1. The molecule has 0 amide bonds. The number of anilines is 1. The molecule has 1 heterocycles. The average Bonchev–Trinajstić information content (AvgIpc) is 2.89. The molecule has 0 bridgehead atoms. The lowest BCUT2D eigenvalue weighted by Crippen LogP contribution is -2.42. The predicted molar refractivity (Wildman–Crippen MR) is 86.4 cm³/mol. The Kier molecular flexibility index (Phi) is 5.37. The summed E-state index contributed by atoms with van der Waals surface area (Å²) in [4.78, 5) is 12.0. The molecule has 0 unspecified atom stereocenters. The first kappa shape index (κ1) is 15.3. The van der Waals surface area contributed by atoms with Crippen LogP contribution < -0.4 is 10.6 Å². The van der Waals surface area contributed by atoms with Crippen molar-refractivity contribution in [1.82, 2.24) is 5.32 Å². The third-order valence-corrected chi connectivity index (χ3v) is 4.86. The molecule has 1 fully saturated rings. The molecule has 20 heavy (non-hydrogen) atoms. The highest BCUT2D eigenvalue weighted by Gasteiger charge is 2.21. The number of ether oxygens (including phenoxy) is 1. The van der Waals surface area contributed by atoms with Gasteiger partial charge in [-0.15, -0.1) is 11.3 Å². The summed E-state index contributed by atoms with van der Waals surface area (Å²) in [5.41, 5.74) is 0. The molecule has 110 valence electrons. The Labute approximate surface area is 128 Å². The minimum atomic E-state index is -0.317. The van der Waals surface area contributed by atoms with E-state index in [1.54, 1.807) is 6.07 Å². The summed E-state index contributed by atoms with van der Waals surface area (Å²) in [5.74, 6) is 0.334. The van der Waals surface area contributed by atoms with Crippen molar-refractivity contribution in [3.63, 3.8) is 0 Å². The number of carbonyl (C=O) groups is 1. The number of methoxy groups -OCH3 is 1. The highest BCUT2D eigenvalue weighted by atomic mass is 32.1. The van der Waals surface area contributed by atoms with Gasteiger partial charge in [-0.05, 0) is 43.1 Å². The van der Waals surface area contributed by atoms with Crippen LogP contribution in [-0.2, 0) is 4.74 Å². The molecule has 0 radical (unpaired) electrons. The lowest BCUT2D eigenvalue weighted by atomic mass is 9.86. The number of rotatable bonds is 3. The van der Waals surface area contributed by atoms with Gasteiger partial charge in [-0.3, -0.25) is 0 Å². The van der Waals surface area contributed by atoms with Gasteiger partial charge in [0.15, 0.2) is 5.11 Å². The minimum Gasteiger partial charge on any atom is -0.465 e. The molecule has 1 aromatic rings. The molecule has 0 aliphatic heterocycles. The van der Waals surface area contributed by atoms with Crippen molar-refractivity contribution in [3.8, 4) is 0 Å². The Hall–Kier alpha value is -1.14. The van der Waals surface area contributed by atoms with Crippen LogP contribution in [0.4, 0.5) is 5.00 Å². The van der Waals surface area contributed by atoms with Crippen LogP contribution in [0.25, 0.3) is 0 Å². The van der Waals surface area contributed by atoms with Crippen molar-refractivity contribution in [1.29, 1.82) is 0 Å². The standard InChI is InChI=1S/C14H20N2O2S2/c1-9-5-3-4-6-10(9)15-14(19)16-12-8-7-11(20-12)13(17)18-2/h7-10H,3-6H2,1-2H3,(H2,15,16,19)/t9-,10-/m0/s1. The van der Waals surface area contributed by atoms with Crippen molar-refractivity contribution in [3.05, 3.63) is 17.0 Å². The molecule has 4 nitrogen and oxygen atoms in total. The lowest BCUT2D eigenvalue weighted by Gasteiger charge is -2.30. The van der Waals surface area contributed by atoms with E-state index in [2.05, 4.69) is 22.3 Å². The maximum atomic E-state index is 11.4. The number of hydrogen-bond acceptors (Lipinski definition) is 4. The Balaban J connectivity index is 1.87. The summed E-state index contributed by atoms with van der Waals surface area (Å²) in [5, 5.41) is 8.00. The minimum absolute atomic E-state index is 0.317. The largest absolute Gasteiger partial charge is 0.465 e. The second-order valence-electron chi connectivity index (χ2n) is 5.12. The molecule has 0 spiro atoms. The predicted octanol–water partition coefficient (Wildman–Crippen LogP) is 3.40. The van der Waals surface area contributed by atoms with Crippen LogP contribution in [0.15, 0.2) is 12.1 Å². The van der Waals surface area contributed by atoms with Gasteiger partial charge in [0, 0.05) is 6.04 Å². The molecule has 1 saturated carbocycles. The number of nitrogens with one attached hydrogen (secondary N) is 2. The van der Waals surface area contributed by atoms with Gasteiger partial charge in [-0.25, -0.2) is 4.79 Å². The summed E-state index contributed by atoms with van der Waals surface area (Å²) in [6.45, 7) is 2.26. The third-order valence-electron chi connectivity index (χ3n) is 3.66. The van der Waals surface area contributed by atoms with E-state index < -0.39 is 0 Å². The van der Waals surface area contributed by atoms with Crippen LogP contribution in [-0.4, -0.2) is 24.2 Å². The van der Waals surface area contributed by atoms with E-state index in [9.17, 15) is 4.79 Å². The smallest absolute Gasteiger partial charge is 0.348 e. The first-order valence-corrected chi connectivity index (χ1v) is 8.08. The van der Waals surface area contributed by atoms with Gasteiger partial charge < -0.3 is 15.4 Å². The first-order chi connectivity index (χ1) is 9.60. The zero-order chi connectivity index (χ0) is 14.5. The monoisotopic (exact) mass is 312 g/mol. The van der Waals surface area contributed by atoms with Gasteiger partial charge in [0.2, 0.25) is 0 Å². The molecule has 2 atom stereocenters. The van der Waals surface area contributed by atoms with Crippen LogP contribution in [0.3, 0.4) is 0 Å². The second-order valence-corrected chi connectivity index (χ2v) is 6.61. The summed E-state index contributed by atoms with van der Waals surface area (Å²) in [7, 11) is 1.38. The van der Waals surface area contributed by atoms with Crippen molar-refractivity contribution in [2.24, 2.45) is 5.92 Å². The second kappa shape index (κ2) is 7.04. The number of carbonyl (C=O) groups excluding carboxylic acids is 1. The highest BCUT2D eigenvalue weighted by Crippen LogP contribution is 2.25. The van der Waals surface area contributed by atoms with E-state index in [0.29, 0.717) is 21.9 Å². The fraction of sp³-hybridized carbons (Fsp3) is 0.571. The van der Waals surface area contributed by atoms with Crippen LogP contribution in [0, 0.1) is 5.92 Å². The molecule has 6 heteroatoms. The van der Waals surface area contributed by atoms with Gasteiger partial charge in [-0.1, -0.05) is 19.8 Å². The molecule has 2 N–H and O–H groups in total. The topological polar surface area (TPSA) is 50.4 Å². The maximum Gasteiger partial charge on any atom is 0.348 e. The first-order valence-electron chi connectivity index (χ1n) is 6.86. The Morgan fingerprint density at radius 1 is 1.40 bits per heavy atom. The van der Waals surface area contributed by atoms with E-state index in [1.807, 2.05) is 6.07 Å². The zero-order valence-corrected chi connectivity index (χ0v) is 13.4. The number of thiocarbonyl (C=S) groups is 1. The van der Waals surface area contributed by atoms with Gasteiger partial charge in [0.25, 0.3) is 0 Å². The SMILES string of the molecule is COC(=O)c1ccc(NC(=S)N[C@H]2CCCC[C@@H]2C)s1. The fourth-order valence-electron chi connectivity index (χ4n) is 2.46. The molecule has 0 aromatic carbocycles. The van der Waals surface area contributed by atoms with Crippen molar-refractivity contribution < 1.29 is 9.53 Å². The molecule has 0 saturated heterocycles. The van der Waals surface area contributed by atoms with Crippen molar-refractivity contribution in [2.45, 2.75) is 38.6 Å². The van der Waals surface area contributed by atoms with Crippen LogP contribution in [0.5, 0.6) is 0 Å². The van der Waals surface area contributed by atoms with E-state index in [0.717, 1.165) is 5.00 Å². The molecular formula is C14H20N2O2S2. The lowest BCUT2D eigenvalue weighted by molar-refractivity contribution is 0.0606. The summed E-state index contributed by atoms with van der Waals surface area (Å²) in [6, 6.07) is 4.03. The van der Waals surface area contributed by atoms with E-state index in [1.165, 1.54) is 44.1 Å². The van der Waals surface area contributed by atoms with Gasteiger partial charge in [-0.2, -0.15) is 0 Å². The molecular weight excluding hydrogens is 292 g/mol. The summed E-state index contributed by atoms with van der Waals surface area (Å²) < 4.78 is 4.69. The Morgan fingerprint density at radius 3 is 2.85 bits per heavy atom.